The Hall–Kier alpha value is -2.95. The largest absolute Gasteiger partial charge is 0.488 e. The Labute approximate surface area is 165 Å². The molecular weight excluding hydrogens is 358 g/mol. The molecular formula is C21H25N3O4. The second-order valence-electron chi connectivity index (χ2n) is 6.94. The number of aromatic nitrogens is 2. The molecule has 7 nitrogen and oxygen atoms in total. The van der Waals surface area contributed by atoms with Gasteiger partial charge in [0.05, 0.1) is 24.7 Å². The van der Waals surface area contributed by atoms with Gasteiger partial charge < -0.3 is 19.9 Å². The lowest BCUT2D eigenvalue weighted by molar-refractivity contribution is 0.0917. The second-order valence-corrected chi connectivity index (χ2v) is 6.94. The zero-order valence-electron chi connectivity index (χ0n) is 16.7. The van der Waals surface area contributed by atoms with E-state index < -0.39 is 5.60 Å². The molecule has 2 N–H and O–H groups in total. The summed E-state index contributed by atoms with van der Waals surface area (Å²) in [6.07, 6.45) is 2.85. The Balaban J connectivity index is 2.32. The maximum Gasteiger partial charge on any atom is 0.257 e. The van der Waals surface area contributed by atoms with Crippen LogP contribution in [0.2, 0.25) is 0 Å². The molecule has 0 aliphatic heterocycles. The summed E-state index contributed by atoms with van der Waals surface area (Å²) in [4.78, 5) is 20.9. The van der Waals surface area contributed by atoms with Crippen molar-refractivity contribution >= 4 is 11.7 Å². The number of carbonyl (C=O) groups excluding carboxylic acids is 1. The molecule has 28 heavy (non-hydrogen) atoms. The van der Waals surface area contributed by atoms with E-state index in [4.69, 9.17) is 9.47 Å². The molecule has 0 bridgehead atoms. The fourth-order valence-corrected chi connectivity index (χ4v) is 2.24. The van der Waals surface area contributed by atoms with E-state index in [-0.39, 0.29) is 12.0 Å². The van der Waals surface area contributed by atoms with Gasteiger partial charge >= 0.3 is 0 Å². The summed E-state index contributed by atoms with van der Waals surface area (Å²) in [5.41, 5.74) is 0.499. The summed E-state index contributed by atoms with van der Waals surface area (Å²) < 4.78 is 10.9. The number of amides is 1. The average Bonchev–Trinajstić information content (AvgIpc) is 2.61. The van der Waals surface area contributed by atoms with Crippen molar-refractivity contribution in [1.82, 2.24) is 9.97 Å². The molecule has 1 aromatic carbocycles. The van der Waals surface area contributed by atoms with Crippen molar-refractivity contribution in [3.63, 3.8) is 0 Å². The van der Waals surface area contributed by atoms with Crippen LogP contribution in [0.4, 0.5) is 5.82 Å². The van der Waals surface area contributed by atoms with Crippen molar-refractivity contribution in [2.45, 2.75) is 39.4 Å². The molecule has 0 unspecified atom stereocenters. The van der Waals surface area contributed by atoms with Crippen molar-refractivity contribution < 1.29 is 19.4 Å². The zero-order valence-corrected chi connectivity index (χ0v) is 16.7. The lowest BCUT2D eigenvalue weighted by Crippen LogP contribution is -2.19. The molecule has 1 amide bonds. The monoisotopic (exact) mass is 383 g/mol. The van der Waals surface area contributed by atoms with Crippen molar-refractivity contribution in [3.8, 4) is 17.6 Å². The molecule has 0 spiro atoms. The van der Waals surface area contributed by atoms with Gasteiger partial charge in [0.15, 0.2) is 5.82 Å². The fourth-order valence-electron chi connectivity index (χ4n) is 2.24. The molecule has 1 heterocycles. The minimum Gasteiger partial charge on any atom is -0.488 e. The van der Waals surface area contributed by atoms with Gasteiger partial charge in [-0.05, 0) is 45.9 Å². The van der Waals surface area contributed by atoms with Crippen LogP contribution in [0.25, 0.3) is 0 Å². The number of carbonyl (C=O) groups is 1. The second kappa shape index (κ2) is 9.31. The molecule has 0 radical (unpaired) electrons. The number of aliphatic hydroxyl groups is 1. The summed E-state index contributed by atoms with van der Waals surface area (Å²) in [6, 6.07) is 4.97. The molecule has 0 aliphatic rings. The summed E-state index contributed by atoms with van der Waals surface area (Å²) in [7, 11) is 1.59. The van der Waals surface area contributed by atoms with Gasteiger partial charge in [-0.2, -0.15) is 0 Å². The lowest BCUT2D eigenvalue weighted by Gasteiger charge is -2.15. The summed E-state index contributed by atoms with van der Waals surface area (Å²) >= 11 is 0. The Bertz CT molecular complexity index is 877. The standard InChI is InChI=1S/C21H25N3O4/c1-14-11-23-19(12-22-14)24-20(25)17-8-16(6-7-21(3,4)26)9-18(10-17)28-15(2)13-27-5/h8-12,15,26H,13H2,1-5H3,(H,23,24,25)/t15-/m0/s1. The predicted octanol–water partition coefficient (Wildman–Crippen LogP) is 2.57. The molecule has 2 rings (SSSR count). The van der Waals surface area contributed by atoms with E-state index in [1.807, 2.05) is 13.8 Å². The first kappa shape index (κ1) is 21.4. The highest BCUT2D eigenvalue weighted by Gasteiger charge is 2.13. The molecule has 1 aromatic heterocycles. The highest BCUT2D eigenvalue weighted by atomic mass is 16.5. The van der Waals surface area contributed by atoms with Crippen molar-refractivity contribution in [1.29, 1.82) is 0 Å². The Kier molecular flexibility index (Phi) is 7.10. The van der Waals surface area contributed by atoms with E-state index in [9.17, 15) is 9.90 Å². The third-order valence-electron chi connectivity index (χ3n) is 3.44. The van der Waals surface area contributed by atoms with Crippen LogP contribution in [0.3, 0.4) is 0 Å². The summed E-state index contributed by atoms with van der Waals surface area (Å²) in [5, 5.41) is 12.5. The number of hydrogen-bond donors (Lipinski definition) is 2. The van der Waals surface area contributed by atoms with Crippen molar-refractivity contribution in [2.75, 3.05) is 19.0 Å². The van der Waals surface area contributed by atoms with E-state index in [0.717, 1.165) is 5.69 Å². The average molecular weight is 383 g/mol. The SMILES string of the molecule is COC[C@H](C)Oc1cc(C#CC(C)(C)O)cc(C(=O)Nc2cnc(C)cn2)c1. The maximum absolute atomic E-state index is 12.7. The van der Waals surface area contributed by atoms with Gasteiger partial charge in [-0.25, -0.2) is 4.98 Å². The van der Waals surface area contributed by atoms with Gasteiger partial charge in [0, 0.05) is 18.2 Å². The molecule has 0 aliphatic carbocycles. The molecule has 0 fully saturated rings. The first-order chi connectivity index (χ1) is 13.2. The number of benzene rings is 1. The van der Waals surface area contributed by atoms with Crippen LogP contribution in [0.15, 0.2) is 30.6 Å². The van der Waals surface area contributed by atoms with Crippen LogP contribution in [-0.2, 0) is 4.74 Å². The number of nitrogens with one attached hydrogen (secondary N) is 1. The predicted molar refractivity (Wildman–Crippen MR) is 106 cm³/mol. The number of ether oxygens (including phenoxy) is 2. The highest BCUT2D eigenvalue weighted by molar-refractivity contribution is 6.04. The van der Waals surface area contributed by atoms with Crippen molar-refractivity contribution in [3.05, 3.63) is 47.4 Å². The van der Waals surface area contributed by atoms with E-state index in [1.54, 1.807) is 45.4 Å². The minimum absolute atomic E-state index is 0.207. The number of rotatable bonds is 6. The van der Waals surface area contributed by atoms with E-state index in [2.05, 4.69) is 27.1 Å². The number of anilines is 1. The molecule has 1 atom stereocenters. The molecule has 0 saturated carbocycles. The smallest absolute Gasteiger partial charge is 0.257 e. The first-order valence-electron chi connectivity index (χ1n) is 8.82. The Morgan fingerprint density at radius 1 is 1.29 bits per heavy atom. The number of aryl methyl sites for hydroxylation is 1. The summed E-state index contributed by atoms with van der Waals surface area (Å²) in [6.45, 7) is 7.25. The van der Waals surface area contributed by atoms with Gasteiger partial charge in [-0.15, -0.1) is 0 Å². The van der Waals surface area contributed by atoms with Gasteiger partial charge in [0.25, 0.3) is 5.91 Å². The molecule has 2 aromatic rings. The van der Waals surface area contributed by atoms with Crippen LogP contribution < -0.4 is 10.1 Å². The normalized spacial score (nSPS) is 11.9. The third-order valence-corrected chi connectivity index (χ3v) is 3.44. The van der Waals surface area contributed by atoms with Crippen LogP contribution >= 0.6 is 0 Å². The third kappa shape index (κ3) is 6.99. The number of methoxy groups -OCH3 is 1. The van der Waals surface area contributed by atoms with Crippen LogP contribution in [0.5, 0.6) is 5.75 Å². The van der Waals surface area contributed by atoms with Crippen LogP contribution in [0.1, 0.15) is 42.4 Å². The van der Waals surface area contributed by atoms with E-state index in [1.165, 1.54) is 6.20 Å². The van der Waals surface area contributed by atoms with Gasteiger partial charge in [0.2, 0.25) is 0 Å². The highest BCUT2D eigenvalue weighted by Crippen LogP contribution is 2.20. The fraction of sp³-hybridized carbons (Fsp3) is 0.381. The molecule has 0 saturated heterocycles. The van der Waals surface area contributed by atoms with E-state index in [0.29, 0.717) is 29.3 Å². The van der Waals surface area contributed by atoms with Crippen LogP contribution in [0, 0.1) is 18.8 Å². The quantitative estimate of drug-likeness (QED) is 0.745. The van der Waals surface area contributed by atoms with Gasteiger partial charge in [0.1, 0.15) is 17.5 Å². The van der Waals surface area contributed by atoms with E-state index >= 15 is 0 Å². The zero-order chi connectivity index (χ0) is 20.7. The van der Waals surface area contributed by atoms with Gasteiger partial charge in [-0.3, -0.25) is 9.78 Å². The number of nitrogens with zero attached hydrogens (tertiary/aromatic N) is 2. The molecule has 7 heteroatoms. The summed E-state index contributed by atoms with van der Waals surface area (Å²) in [5.74, 6) is 6.07. The van der Waals surface area contributed by atoms with Crippen LogP contribution in [-0.4, -0.2) is 46.4 Å². The molecule has 148 valence electrons. The maximum atomic E-state index is 12.7. The topological polar surface area (TPSA) is 93.6 Å². The Morgan fingerprint density at radius 3 is 2.64 bits per heavy atom. The number of hydrogen-bond acceptors (Lipinski definition) is 6. The first-order valence-corrected chi connectivity index (χ1v) is 8.82. The van der Waals surface area contributed by atoms with Gasteiger partial charge in [-0.1, -0.05) is 11.8 Å². The van der Waals surface area contributed by atoms with Crippen molar-refractivity contribution in [2.24, 2.45) is 0 Å². The Morgan fingerprint density at radius 2 is 2.04 bits per heavy atom. The minimum atomic E-state index is -1.15. The lowest BCUT2D eigenvalue weighted by atomic mass is 10.1.